The van der Waals surface area contributed by atoms with E-state index in [4.69, 9.17) is 0 Å². The van der Waals surface area contributed by atoms with Gasteiger partial charge in [-0.05, 0) is 30.7 Å². The van der Waals surface area contributed by atoms with Crippen LogP contribution in [0.2, 0.25) is 0 Å². The molecule has 0 saturated carbocycles. The van der Waals surface area contributed by atoms with Crippen LogP contribution in [0.15, 0.2) is 54.9 Å². The monoisotopic (exact) mass is 391 g/mol. The summed E-state index contributed by atoms with van der Waals surface area (Å²) in [5, 5.41) is 4.33. The maximum atomic E-state index is 12.6. The smallest absolute Gasteiger partial charge is 0.224 e. The van der Waals surface area contributed by atoms with Crippen LogP contribution in [0.25, 0.3) is 10.9 Å². The summed E-state index contributed by atoms with van der Waals surface area (Å²) in [6, 6.07) is 14.4. The molecule has 0 spiro atoms. The summed E-state index contributed by atoms with van der Waals surface area (Å²) in [5.41, 5.74) is 2.24. The van der Waals surface area contributed by atoms with E-state index in [0.29, 0.717) is 6.42 Å². The molecule has 4 rings (SSSR count). The fraction of sp³-hybridized carbons (Fsp3) is 0.391. The van der Waals surface area contributed by atoms with Gasteiger partial charge in [0.25, 0.3) is 0 Å². The molecule has 2 aromatic heterocycles. The maximum Gasteiger partial charge on any atom is 0.224 e. The summed E-state index contributed by atoms with van der Waals surface area (Å²) in [6.07, 6.45) is 4.32. The number of para-hydroxylation sites is 1. The van der Waals surface area contributed by atoms with Gasteiger partial charge >= 0.3 is 0 Å². The first-order valence-corrected chi connectivity index (χ1v) is 10.3. The average Bonchev–Trinajstić information content (AvgIpc) is 3.04. The highest BCUT2D eigenvalue weighted by atomic mass is 16.1. The number of nitrogens with zero attached hydrogens (tertiary/aromatic N) is 4. The zero-order valence-electron chi connectivity index (χ0n) is 17.2. The Labute approximate surface area is 172 Å². The molecule has 1 aliphatic heterocycles. The Kier molecular flexibility index (Phi) is 5.81. The van der Waals surface area contributed by atoms with Gasteiger partial charge in [0.2, 0.25) is 5.91 Å². The molecular formula is C23H29N5O. The fourth-order valence-corrected chi connectivity index (χ4v) is 4.20. The van der Waals surface area contributed by atoms with E-state index in [1.807, 2.05) is 37.5 Å². The van der Waals surface area contributed by atoms with Gasteiger partial charge in [-0.2, -0.15) is 0 Å². The third-order valence-electron chi connectivity index (χ3n) is 5.62. The van der Waals surface area contributed by atoms with Gasteiger partial charge in [-0.15, -0.1) is 0 Å². The number of carbonyl (C=O) groups excluding carboxylic acids is 1. The zero-order chi connectivity index (χ0) is 20.2. The van der Waals surface area contributed by atoms with Gasteiger partial charge in [-0.1, -0.05) is 24.3 Å². The highest BCUT2D eigenvalue weighted by Crippen LogP contribution is 2.20. The van der Waals surface area contributed by atoms with Crippen LogP contribution in [-0.4, -0.2) is 59.1 Å². The van der Waals surface area contributed by atoms with Crippen molar-refractivity contribution in [3.63, 3.8) is 0 Å². The molecule has 0 aliphatic carbocycles. The summed E-state index contributed by atoms with van der Waals surface area (Å²) < 4.78 is 2.09. The van der Waals surface area contributed by atoms with E-state index in [0.717, 1.165) is 55.0 Å². The second-order valence-corrected chi connectivity index (χ2v) is 7.90. The van der Waals surface area contributed by atoms with Crippen molar-refractivity contribution in [3.8, 4) is 0 Å². The first kappa shape index (κ1) is 19.5. The summed E-state index contributed by atoms with van der Waals surface area (Å²) in [6.45, 7) is 6.87. The first-order valence-electron chi connectivity index (χ1n) is 10.3. The van der Waals surface area contributed by atoms with Crippen molar-refractivity contribution in [1.82, 2.24) is 19.8 Å². The van der Waals surface area contributed by atoms with Crippen molar-refractivity contribution in [2.75, 3.05) is 37.6 Å². The van der Waals surface area contributed by atoms with Crippen molar-refractivity contribution in [2.45, 2.75) is 19.4 Å². The van der Waals surface area contributed by atoms with Crippen LogP contribution in [0, 0.1) is 0 Å². The number of anilines is 1. The summed E-state index contributed by atoms with van der Waals surface area (Å²) in [7, 11) is 2.02. The first-order chi connectivity index (χ1) is 14.1. The van der Waals surface area contributed by atoms with Crippen LogP contribution in [0.1, 0.15) is 12.5 Å². The third kappa shape index (κ3) is 4.59. The van der Waals surface area contributed by atoms with Crippen molar-refractivity contribution >= 4 is 22.6 Å². The lowest BCUT2D eigenvalue weighted by Gasteiger charge is -2.36. The summed E-state index contributed by atoms with van der Waals surface area (Å²) >= 11 is 0. The lowest BCUT2D eigenvalue weighted by atomic mass is 10.1. The molecule has 3 aromatic rings. The van der Waals surface area contributed by atoms with Gasteiger partial charge in [0.05, 0.1) is 6.42 Å². The minimum Gasteiger partial charge on any atom is -0.354 e. The molecule has 152 valence electrons. The minimum atomic E-state index is 0.0842. The van der Waals surface area contributed by atoms with Gasteiger partial charge in [-0.25, -0.2) is 4.98 Å². The molecule has 0 bridgehead atoms. The third-order valence-corrected chi connectivity index (χ3v) is 5.62. The van der Waals surface area contributed by atoms with E-state index in [9.17, 15) is 4.79 Å². The zero-order valence-corrected chi connectivity index (χ0v) is 17.2. The quantitative estimate of drug-likeness (QED) is 0.701. The highest BCUT2D eigenvalue weighted by molar-refractivity contribution is 5.89. The molecule has 1 amide bonds. The van der Waals surface area contributed by atoms with Gasteiger partial charge < -0.3 is 14.8 Å². The van der Waals surface area contributed by atoms with E-state index < -0.39 is 0 Å². The number of rotatable bonds is 6. The Morgan fingerprint density at radius 3 is 2.62 bits per heavy atom. The second kappa shape index (κ2) is 8.66. The summed E-state index contributed by atoms with van der Waals surface area (Å²) in [5.74, 6) is 1.13. The molecule has 3 heterocycles. The molecule has 1 atom stereocenters. The molecule has 1 aliphatic rings. The van der Waals surface area contributed by atoms with Gasteiger partial charge in [0.15, 0.2) is 0 Å². The number of hydrogen-bond acceptors (Lipinski definition) is 4. The molecule has 1 fully saturated rings. The van der Waals surface area contributed by atoms with E-state index in [2.05, 4.69) is 56.0 Å². The van der Waals surface area contributed by atoms with Crippen LogP contribution >= 0.6 is 0 Å². The number of amides is 1. The van der Waals surface area contributed by atoms with Crippen molar-refractivity contribution in [1.29, 1.82) is 0 Å². The molecule has 0 radical (unpaired) electrons. The topological polar surface area (TPSA) is 53.4 Å². The number of fused-ring (bicyclic) bond motifs is 1. The van der Waals surface area contributed by atoms with Crippen molar-refractivity contribution < 1.29 is 4.79 Å². The Morgan fingerprint density at radius 2 is 1.86 bits per heavy atom. The van der Waals surface area contributed by atoms with E-state index in [-0.39, 0.29) is 11.9 Å². The number of aryl methyl sites for hydroxylation is 1. The van der Waals surface area contributed by atoms with Gasteiger partial charge in [-0.3, -0.25) is 9.69 Å². The number of piperazine rings is 1. The molecule has 6 heteroatoms. The summed E-state index contributed by atoms with van der Waals surface area (Å²) in [4.78, 5) is 21.8. The molecule has 29 heavy (non-hydrogen) atoms. The molecule has 6 nitrogen and oxygen atoms in total. The van der Waals surface area contributed by atoms with Gasteiger partial charge in [0, 0.05) is 69.1 Å². The fourth-order valence-electron chi connectivity index (χ4n) is 4.20. The molecule has 1 saturated heterocycles. The molecule has 1 N–H and O–H groups in total. The predicted molar refractivity (Wildman–Crippen MR) is 117 cm³/mol. The predicted octanol–water partition coefficient (Wildman–Crippen LogP) is 2.44. The van der Waals surface area contributed by atoms with Crippen LogP contribution in [0.5, 0.6) is 0 Å². The minimum absolute atomic E-state index is 0.0842. The Morgan fingerprint density at radius 1 is 1.10 bits per heavy atom. The number of benzene rings is 1. The number of aromatic nitrogens is 2. The van der Waals surface area contributed by atoms with Gasteiger partial charge in [0.1, 0.15) is 5.82 Å². The van der Waals surface area contributed by atoms with E-state index in [1.165, 1.54) is 0 Å². The van der Waals surface area contributed by atoms with Crippen molar-refractivity contribution in [2.24, 2.45) is 7.05 Å². The second-order valence-electron chi connectivity index (χ2n) is 7.90. The van der Waals surface area contributed by atoms with Crippen LogP contribution < -0.4 is 10.2 Å². The number of hydrogen-bond donors (Lipinski definition) is 1. The average molecular weight is 392 g/mol. The SMILES string of the molecule is CC(CN1CCN(c2ccccn2)CC1)NC(=O)Cc1cn(C)c2ccccc12. The molecule has 1 aromatic carbocycles. The standard InChI is InChI=1S/C23H29N5O/c1-18(16-27-11-13-28(14-12-27)22-9-5-6-10-24-22)25-23(29)15-19-17-26(2)21-8-4-3-7-20(19)21/h3-10,17-18H,11-16H2,1-2H3,(H,25,29). The molecular weight excluding hydrogens is 362 g/mol. The largest absolute Gasteiger partial charge is 0.354 e. The Hall–Kier alpha value is -2.86. The number of carbonyl (C=O) groups is 1. The van der Waals surface area contributed by atoms with Crippen LogP contribution in [0.4, 0.5) is 5.82 Å². The Bertz CT molecular complexity index is 960. The maximum absolute atomic E-state index is 12.6. The lowest BCUT2D eigenvalue weighted by molar-refractivity contribution is -0.121. The lowest BCUT2D eigenvalue weighted by Crippen LogP contribution is -2.51. The molecule has 1 unspecified atom stereocenters. The van der Waals surface area contributed by atoms with Crippen LogP contribution in [0.3, 0.4) is 0 Å². The van der Waals surface area contributed by atoms with Crippen molar-refractivity contribution in [3.05, 3.63) is 60.4 Å². The van der Waals surface area contributed by atoms with Crippen LogP contribution in [-0.2, 0) is 18.3 Å². The highest BCUT2D eigenvalue weighted by Gasteiger charge is 2.20. The number of nitrogens with one attached hydrogen (secondary N) is 1. The van der Waals surface area contributed by atoms with E-state index >= 15 is 0 Å². The Balaban J connectivity index is 1.26. The normalized spacial score (nSPS) is 16.1. The van der Waals surface area contributed by atoms with E-state index in [1.54, 1.807) is 0 Å². The number of pyridine rings is 1.